The summed E-state index contributed by atoms with van der Waals surface area (Å²) in [5.41, 5.74) is 6.25. The molecule has 0 bridgehead atoms. The monoisotopic (exact) mass is 231 g/mol. The number of nitrogens with two attached hydrogens (primary N) is 1. The molecule has 0 aliphatic carbocycles. The second-order valence-corrected chi connectivity index (χ2v) is 3.47. The minimum absolute atomic E-state index is 0.0169. The van der Waals surface area contributed by atoms with E-state index in [1.54, 1.807) is 19.3 Å². The summed E-state index contributed by atoms with van der Waals surface area (Å²) < 4.78 is 5.60. The molecule has 1 aromatic rings. The second kappa shape index (κ2) is 3.87. The van der Waals surface area contributed by atoms with Crippen LogP contribution in [0.3, 0.4) is 0 Å². The maximum absolute atomic E-state index is 11.1. The Hall–Kier alpha value is -0.610. The van der Waals surface area contributed by atoms with E-state index in [4.69, 9.17) is 10.2 Å². The summed E-state index contributed by atoms with van der Waals surface area (Å²) in [6.07, 6.45) is 1.89. The fourth-order valence-corrected chi connectivity index (χ4v) is 1.19. The molecule has 1 unspecified atom stereocenters. The fraction of sp³-hybridized carbons (Fsp3) is 0.375. The molecule has 1 aromatic heterocycles. The number of Topliss-reactive ketones (excluding diaryl/α,β-unsaturated/α-hetero) is 1. The van der Waals surface area contributed by atoms with E-state index >= 15 is 0 Å². The highest BCUT2D eigenvalue weighted by Crippen LogP contribution is 2.14. The first-order valence-corrected chi connectivity index (χ1v) is 4.40. The zero-order valence-electron chi connectivity index (χ0n) is 6.71. The number of carbonyl (C=O) groups excluding carboxylic acids is 1. The highest BCUT2D eigenvalue weighted by Gasteiger charge is 2.09. The SMILES string of the molecule is CC(N)C(=O)Cc1coc(Br)c1. The van der Waals surface area contributed by atoms with Gasteiger partial charge in [0, 0.05) is 6.42 Å². The van der Waals surface area contributed by atoms with Crippen molar-refractivity contribution in [1.82, 2.24) is 0 Å². The number of carbonyl (C=O) groups is 1. The third kappa shape index (κ3) is 2.46. The molecule has 4 heteroatoms. The van der Waals surface area contributed by atoms with Gasteiger partial charge >= 0.3 is 0 Å². The first kappa shape index (κ1) is 9.48. The molecule has 1 atom stereocenters. The van der Waals surface area contributed by atoms with Crippen molar-refractivity contribution < 1.29 is 9.21 Å². The molecule has 1 rings (SSSR count). The zero-order chi connectivity index (χ0) is 9.14. The lowest BCUT2D eigenvalue weighted by Crippen LogP contribution is -2.27. The van der Waals surface area contributed by atoms with Crippen LogP contribution in [0.15, 0.2) is 21.4 Å². The van der Waals surface area contributed by atoms with Gasteiger partial charge in [0.25, 0.3) is 0 Å². The quantitative estimate of drug-likeness (QED) is 0.859. The molecule has 0 spiro atoms. The topological polar surface area (TPSA) is 56.2 Å². The molecule has 0 saturated carbocycles. The zero-order valence-corrected chi connectivity index (χ0v) is 8.30. The first-order valence-electron chi connectivity index (χ1n) is 3.61. The highest BCUT2D eigenvalue weighted by molar-refractivity contribution is 9.10. The van der Waals surface area contributed by atoms with Gasteiger partial charge < -0.3 is 10.2 Å². The minimum atomic E-state index is -0.404. The van der Waals surface area contributed by atoms with Crippen molar-refractivity contribution in [2.75, 3.05) is 0 Å². The maximum Gasteiger partial charge on any atom is 0.169 e. The Balaban J connectivity index is 2.58. The lowest BCUT2D eigenvalue weighted by atomic mass is 10.1. The van der Waals surface area contributed by atoms with Crippen LogP contribution >= 0.6 is 15.9 Å². The van der Waals surface area contributed by atoms with Crippen molar-refractivity contribution in [3.63, 3.8) is 0 Å². The number of hydrogen-bond donors (Lipinski definition) is 1. The van der Waals surface area contributed by atoms with Crippen molar-refractivity contribution in [1.29, 1.82) is 0 Å². The Kier molecular flexibility index (Phi) is 3.05. The molecule has 3 nitrogen and oxygen atoms in total. The van der Waals surface area contributed by atoms with Crippen molar-refractivity contribution in [3.05, 3.63) is 22.6 Å². The molecule has 0 saturated heterocycles. The normalized spacial score (nSPS) is 12.9. The van der Waals surface area contributed by atoms with Gasteiger partial charge in [0.1, 0.15) is 0 Å². The average Bonchev–Trinajstić information content (AvgIpc) is 2.35. The Morgan fingerprint density at radius 2 is 2.50 bits per heavy atom. The van der Waals surface area contributed by atoms with Gasteiger partial charge in [-0.15, -0.1) is 0 Å². The minimum Gasteiger partial charge on any atom is -0.457 e. The van der Waals surface area contributed by atoms with E-state index in [2.05, 4.69) is 15.9 Å². The Labute approximate surface area is 79.1 Å². The molecule has 0 radical (unpaired) electrons. The van der Waals surface area contributed by atoms with Crippen molar-refractivity contribution in [2.24, 2.45) is 5.73 Å². The van der Waals surface area contributed by atoms with Crippen LogP contribution in [0, 0.1) is 0 Å². The van der Waals surface area contributed by atoms with E-state index in [0.29, 0.717) is 11.1 Å². The molecule has 0 aromatic carbocycles. The Morgan fingerprint density at radius 3 is 2.92 bits per heavy atom. The van der Waals surface area contributed by atoms with E-state index in [9.17, 15) is 4.79 Å². The van der Waals surface area contributed by atoms with E-state index in [0.717, 1.165) is 5.56 Å². The second-order valence-electron chi connectivity index (χ2n) is 2.69. The average molecular weight is 232 g/mol. The van der Waals surface area contributed by atoms with Gasteiger partial charge in [-0.3, -0.25) is 4.79 Å². The van der Waals surface area contributed by atoms with Crippen LogP contribution in [0.4, 0.5) is 0 Å². The summed E-state index contributed by atoms with van der Waals surface area (Å²) in [7, 11) is 0. The van der Waals surface area contributed by atoms with Crippen molar-refractivity contribution in [2.45, 2.75) is 19.4 Å². The fourth-order valence-electron chi connectivity index (χ4n) is 0.801. The summed E-state index contributed by atoms with van der Waals surface area (Å²) in [5.74, 6) is 0.0169. The van der Waals surface area contributed by atoms with Crippen LogP contribution < -0.4 is 5.73 Å². The molecule has 0 fully saturated rings. The molecule has 0 aliphatic heterocycles. The van der Waals surface area contributed by atoms with Crippen LogP contribution in [0.1, 0.15) is 12.5 Å². The lowest BCUT2D eigenvalue weighted by molar-refractivity contribution is -0.119. The molecule has 0 amide bonds. The molecule has 66 valence electrons. The standard InChI is InChI=1S/C8H10BrNO2/c1-5(10)7(11)2-6-3-8(9)12-4-6/h3-5H,2,10H2,1H3. The van der Waals surface area contributed by atoms with Gasteiger partial charge in [-0.25, -0.2) is 0 Å². The van der Waals surface area contributed by atoms with Crippen LogP contribution in [0.2, 0.25) is 0 Å². The van der Waals surface area contributed by atoms with Gasteiger partial charge in [0.15, 0.2) is 10.5 Å². The molecule has 2 N–H and O–H groups in total. The summed E-state index contributed by atoms with van der Waals surface area (Å²) in [5, 5.41) is 0. The number of rotatable bonds is 3. The Morgan fingerprint density at radius 1 is 1.83 bits per heavy atom. The number of ketones is 1. The Bertz CT molecular complexity index is 280. The van der Waals surface area contributed by atoms with E-state index in [1.807, 2.05) is 0 Å². The smallest absolute Gasteiger partial charge is 0.169 e. The van der Waals surface area contributed by atoms with Crippen LogP contribution in [-0.4, -0.2) is 11.8 Å². The predicted octanol–water partition coefficient (Wildman–Crippen LogP) is 1.50. The van der Waals surface area contributed by atoms with E-state index < -0.39 is 6.04 Å². The molecule has 12 heavy (non-hydrogen) atoms. The summed E-state index contributed by atoms with van der Waals surface area (Å²) in [6, 6.07) is 1.36. The van der Waals surface area contributed by atoms with Crippen LogP contribution in [-0.2, 0) is 11.2 Å². The number of furan rings is 1. The van der Waals surface area contributed by atoms with E-state index in [1.165, 1.54) is 0 Å². The lowest BCUT2D eigenvalue weighted by Gasteiger charge is -2.00. The van der Waals surface area contributed by atoms with Gasteiger partial charge in [-0.1, -0.05) is 0 Å². The van der Waals surface area contributed by atoms with E-state index in [-0.39, 0.29) is 5.78 Å². The van der Waals surface area contributed by atoms with Gasteiger partial charge in [-0.05, 0) is 34.5 Å². The summed E-state index contributed by atoms with van der Waals surface area (Å²) >= 11 is 3.15. The maximum atomic E-state index is 11.1. The third-order valence-electron chi connectivity index (χ3n) is 1.51. The molecule has 1 heterocycles. The van der Waals surface area contributed by atoms with Crippen molar-refractivity contribution >= 4 is 21.7 Å². The summed E-state index contributed by atoms with van der Waals surface area (Å²) in [4.78, 5) is 11.1. The van der Waals surface area contributed by atoms with Crippen molar-refractivity contribution in [3.8, 4) is 0 Å². The summed E-state index contributed by atoms with van der Waals surface area (Å²) in [6.45, 7) is 1.68. The van der Waals surface area contributed by atoms with Crippen LogP contribution in [0.25, 0.3) is 0 Å². The third-order valence-corrected chi connectivity index (χ3v) is 1.92. The predicted molar refractivity (Wildman–Crippen MR) is 48.8 cm³/mol. The van der Waals surface area contributed by atoms with Gasteiger partial charge in [0.05, 0.1) is 12.3 Å². The molecular weight excluding hydrogens is 222 g/mol. The first-order chi connectivity index (χ1) is 5.59. The van der Waals surface area contributed by atoms with Gasteiger partial charge in [0.2, 0.25) is 0 Å². The highest BCUT2D eigenvalue weighted by atomic mass is 79.9. The number of hydrogen-bond acceptors (Lipinski definition) is 3. The number of halogens is 1. The largest absolute Gasteiger partial charge is 0.457 e. The van der Waals surface area contributed by atoms with Crippen LogP contribution in [0.5, 0.6) is 0 Å². The molecular formula is C8H10BrNO2. The van der Waals surface area contributed by atoms with Gasteiger partial charge in [-0.2, -0.15) is 0 Å². The molecule has 0 aliphatic rings.